The van der Waals surface area contributed by atoms with Crippen LogP contribution in [0.5, 0.6) is 0 Å². The van der Waals surface area contributed by atoms with Crippen molar-refractivity contribution < 1.29 is 4.42 Å². The second-order valence-corrected chi connectivity index (χ2v) is 4.39. The molecule has 2 aromatic carbocycles. The molecule has 4 aromatic rings. The van der Waals surface area contributed by atoms with E-state index >= 15 is 0 Å². The standard InChI is InChI=1S/C13H9NO.C5H5N/c1-2-6-11-10(4-1)5-3-7-12(11)13-14-8-9-15-13;1-2-4-6-5-3-1/h1-9H;1-5H. The Morgan fingerprint density at radius 3 is 2.19 bits per heavy atom. The van der Waals surface area contributed by atoms with Crippen LogP contribution in [-0.2, 0) is 0 Å². The molecular formula is C18H14N2O. The zero-order valence-electron chi connectivity index (χ0n) is 11.4. The fourth-order valence-corrected chi connectivity index (χ4v) is 2.08. The second-order valence-electron chi connectivity index (χ2n) is 4.39. The van der Waals surface area contributed by atoms with E-state index in [0.717, 1.165) is 5.56 Å². The van der Waals surface area contributed by atoms with Gasteiger partial charge in [0.25, 0.3) is 0 Å². The first-order valence-corrected chi connectivity index (χ1v) is 6.68. The maximum Gasteiger partial charge on any atom is 0.226 e. The molecule has 0 aliphatic carbocycles. The van der Waals surface area contributed by atoms with Crippen LogP contribution in [0.4, 0.5) is 0 Å². The molecule has 0 amide bonds. The van der Waals surface area contributed by atoms with Crippen LogP contribution in [0.15, 0.2) is 89.9 Å². The van der Waals surface area contributed by atoms with Crippen molar-refractivity contribution in [1.82, 2.24) is 9.97 Å². The van der Waals surface area contributed by atoms with Crippen molar-refractivity contribution >= 4 is 10.8 Å². The third-order valence-corrected chi connectivity index (χ3v) is 3.02. The van der Waals surface area contributed by atoms with E-state index in [1.807, 2.05) is 42.5 Å². The largest absolute Gasteiger partial charge is 0.445 e. The summed E-state index contributed by atoms with van der Waals surface area (Å²) in [7, 11) is 0. The van der Waals surface area contributed by atoms with Gasteiger partial charge in [-0.15, -0.1) is 0 Å². The SMILES string of the molecule is c1ccc2c(-c3ncco3)cccc2c1.c1ccncc1. The Morgan fingerprint density at radius 2 is 1.52 bits per heavy atom. The summed E-state index contributed by atoms with van der Waals surface area (Å²) in [5.41, 5.74) is 1.04. The molecule has 3 nitrogen and oxygen atoms in total. The van der Waals surface area contributed by atoms with Gasteiger partial charge in [0.1, 0.15) is 6.26 Å². The van der Waals surface area contributed by atoms with Crippen molar-refractivity contribution in [2.45, 2.75) is 0 Å². The highest BCUT2D eigenvalue weighted by Crippen LogP contribution is 2.26. The van der Waals surface area contributed by atoms with Gasteiger partial charge in [0.15, 0.2) is 0 Å². The van der Waals surface area contributed by atoms with E-state index in [1.54, 1.807) is 24.9 Å². The molecule has 0 aliphatic heterocycles. The fraction of sp³-hybridized carbons (Fsp3) is 0. The Morgan fingerprint density at radius 1 is 0.714 bits per heavy atom. The molecular weight excluding hydrogens is 260 g/mol. The Bertz CT molecular complexity index is 764. The van der Waals surface area contributed by atoms with E-state index in [4.69, 9.17) is 4.42 Å². The number of benzene rings is 2. The summed E-state index contributed by atoms with van der Waals surface area (Å²) < 4.78 is 5.32. The average Bonchev–Trinajstić information content (AvgIpc) is 3.11. The van der Waals surface area contributed by atoms with Crippen LogP contribution in [-0.4, -0.2) is 9.97 Å². The number of oxazole rings is 1. The summed E-state index contributed by atoms with van der Waals surface area (Å²) in [5.74, 6) is 0.673. The zero-order valence-corrected chi connectivity index (χ0v) is 11.4. The quantitative estimate of drug-likeness (QED) is 0.510. The minimum atomic E-state index is 0.673. The lowest BCUT2D eigenvalue weighted by molar-refractivity contribution is 0.575. The number of hydrogen-bond acceptors (Lipinski definition) is 3. The van der Waals surface area contributed by atoms with Crippen molar-refractivity contribution in [1.29, 1.82) is 0 Å². The monoisotopic (exact) mass is 274 g/mol. The topological polar surface area (TPSA) is 38.9 Å². The van der Waals surface area contributed by atoms with Crippen LogP contribution in [0.1, 0.15) is 0 Å². The maximum absolute atomic E-state index is 5.32. The molecule has 0 N–H and O–H groups in total. The molecule has 0 saturated carbocycles. The van der Waals surface area contributed by atoms with Crippen molar-refractivity contribution in [2.24, 2.45) is 0 Å². The van der Waals surface area contributed by atoms with Gasteiger partial charge in [-0.05, 0) is 29.0 Å². The minimum Gasteiger partial charge on any atom is -0.445 e. The summed E-state index contributed by atoms with van der Waals surface area (Å²) in [5, 5.41) is 2.37. The number of pyridine rings is 1. The maximum atomic E-state index is 5.32. The highest BCUT2D eigenvalue weighted by molar-refractivity contribution is 5.94. The van der Waals surface area contributed by atoms with Crippen molar-refractivity contribution in [3.8, 4) is 11.5 Å². The molecule has 0 bridgehead atoms. The average molecular weight is 274 g/mol. The highest BCUT2D eigenvalue weighted by Gasteiger charge is 2.05. The highest BCUT2D eigenvalue weighted by atomic mass is 16.3. The van der Waals surface area contributed by atoms with Gasteiger partial charge in [-0.25, -0.2) is 4.98 Å². The molecule has 0 radical (unpaired) electrons. The molecule has 0 fully saturated rings. The number of aromatic nitrogens is 2. The molecule has 0 aliphatic rings. The lowest BCUT2D eigenvalue weighted by atomic mass is 10.0. The summed E-state index contributed by atoms with van der Waals surface area (Å²) >= 11 is 0. The first kappa shape index (κ1) is 13.1. The van der Waals surface area contributed by atoms with Crippen LogP contribution in [0.25, 0.3) is 22.2 Å². The van der Waals surface area contributed by atoms with Crippen molar-refractivity contribution in [3.05, 3.63) is 85.5 Å². The molecule has 4 rings (SSSR count). The van der Waals surface area contributed by atoms with Gasteiger partial charge in [-0.2, -0.15) is 0 Å². The zero-order chi connectivity index (χ0) is 14.3. The molecule has 102 valence electrons. The van der Waals surface area contributed by atoms with E-state index in [2.05, 4.69) is 28.2 Å². The summed E-state index contributed by atoms with van der Waals surface area (Å²) in [6, 6.07) is 20.1. The third-order valence-electron chi connectivity index (χ3n) is 3.02. The number of nitrogens with zero attached hydrogens (tertiary/aromatic N) is 2. The van der Waals surface area contributed by atoms with Crippen molar-refractivity contribution in [3.63, 3.8) is 0 Å². The predicted molar refractivity (Wildman–Crippen MR) is 83.7 cm³/mol. The normalized spacial score (nSPS) is 9.90. The van der Waals surface area contributed by atoms with Crippen LogP contribution in [0, 0.1) is 0 Å². The van der Waals surface area contributed by atoms with Crippen molar-refractivity contribution in [2.75, 3.05) is 0 Å². The van der Waals surface area contributed by atoms with E-state index in [0.29, 0.717) is 5.89 Å². The van der Waals surface area contributed by atoms with Gasteiger partial charge >= 0.3 is 0 Å². The Hall–Kier alpha value is -2.94. The summed E-state index contributed by atoms with van der Waals surface area (Å²) in [6.45, 7) is 0. The summed E-state index contributed by atoms with van der Waals surface area (Å²) in [6.07, 6.45) is 6.76. The molecule has 2 aromatic heterocycles. The third kappa shape index (κ3) is 3.15. The number of rotatable bonds is 1. The molecule has 0 saturated heterocycles. The first-order valence-electron chi connectivity index (χ1n) is 6.68. The molecule has 3 heteroatoms. The van der Waals surface area contributed by atoms with E-state index in [-0.39, 0.29) is 0 Å². The first-order chi connectivity index (χ1) is 10.4. The Balaban J connectivity index is 0.000000186. The Labute approximate surface area is 122 Å². The van der Waals surface area contributed by atoms with Gasteiger partial charge < -0.3 is 4.42 Å². The lowest BCUT2D eigenvalue weighted by Gasteiger charge is -2.01. The number of hydrogen-bond donors (Lipinski definition) is 0. The van der Waals surface area contributed by atoms with E-state index in [9.17, 15) is 0 Å². The molecule has 0 spiro atoms. The molecule has 2 heterocycles. The van der Waals surface area contributed by atoms with Gasteiger partial charge in [0.05, 0.1) is 6.20 Å². The van der Waals surface area contributed by atoms with Crippen LogP contribution < -0.4 is 0 Å². The molecule has 0 atom stereocenters. The summed E-state index contributed by atoms with van der Waals surface area (Å²) in [4.78, 5) is 7.95. The predicted octanol–water partition coefficient (Wildman–Crippen LogP) is 4.58. The van der Waals surface area contributed by atoms with Crippen LogP contribution in [0.2, 0.25) is 0 Å². The van der Waals surface area contributed by atoms with Gasteiger partial charge in [0.2, 0.25) is 5.89 Å². The van der Waals surface area contributed by atoms with E-state index in [1.165, 1.54) is 10.8 Å². The lowest BCUT2D eigenvalue weighted by Crippen LogP contribution is -1.80. The van der Waals surface area contributed by atoms with Crippen LogP contribution in [0.3, 0.4) is 0 Å². The number of fused-ring (bicyclic) bond motifs is 1. The Kier molecular flexibility index (Phi) is 4.03. The molecule has 21 heavy (non-hydrogen) atoms. The van der Waals surface area contributed by atoms with Gasteiger partial charge in [0, 0.05) is 18.0 Å². The van der Waals surface area contributed by atoms with Crippen LogP contribution >= 0.6 is 0 Å². The smallest absolute Gasteiger partial charge is 0.226 e. The van der Waals surface area contributed by atoms with Gasteiger partial charge in [-0.1, -0.05) is 42.5 Å². The second kappa shape index (κ2) is 6.48. The van der Waals surface area contributed by atoms with Gasteiger partial charge in [-0.3, -0.25) is 4.98 Å². The van der Waals surface area contributed by atoms with E-state index < -0.39 is 0 Å². The minimum absolute atomic E-state index is 0.673. The molecule has 0 unspecified atom stereocenters. The fourth-order valence-electron chi connectivity index (χ4n) is 2.08.